The van der Waals surface area contributed by atoms with E-state index in [1.807, 2.05) is 61.5 Å². The lowest BCUT2D eigenvalue weighted by Gasteiger charge is -2.41. The number of nitrogens with one attached hydrogen (secondary N) is 1. The van der Waals surface area contributed by atoms with E-state index >= 15 is 0 Å². The van der Waals surface area contributed by atoms with Gasteiger partial charge >= 0.3 is 17.6 Å². The monoisotopic (exact) mass is 720 g/mol. The molecule has 48 heavy (non-hydrogen) atoms. The topological polar surface area (TPSA) is 165 Å². The Morgan fingerprint density at radius 1 is 0.896 bits per heavy atom. The van der Waals surface area contributed by atoms with Gasteiger partial charge < -0.3 is 30.0 Å². The Kier molecular flexibility index (Phi) is 10.9. The van der Waals surface area contributed by atoms with Crippen LogP contribution in [0, 0.1) is 10.1 Å². The normalized spacial score (nSPS) is 15.6. The van der Waals surface area contributed by atoms with E-state index in [1.54, 1.807) is 19.1 Å². The van der Waals surface area contributed by atoms with Gasteiger partial charge in [-0.15, -0.1) is 0 Å². The summed E-state index contributed by atoms with van der Waals surface area (Å²) in [7, 11) is 0. The summed E-state index contributed by atoms with van der Waals surface area (Å²) >= 11 is 3.41. The van der Waals surface area contributed by atoms with Crippen molar-refractivity contribution in [2.45, 2.75) is 37.5 Å². The van der Waals surface area contributed by atoms with Crippen LogP contribution in [0.25, 0.3) is 10.9 Å². The van der Waals surface area contributed by atoms with E-state index in [-0.39, 0.29) is 29.5 Å². The maximum Gasteiger partial charge on any atom is 0.311 e. The van der Waals surface area contributed by atoms with Gasteiger partial charge in [0.1, 0.15) is 11.9 Å². The van der Waals surface area contributed by atoms with Crippen molar-refractivity contribution < 1.29 is 33.5 Å². The highest BCUT2D eigenvalue weighted by atomic mass is 79.9. The number of carbonyl (C=O) groups is 2. The van der Waals surface area contributed by atoms with Crippen LogP contribution in [0.2, 0.25) is 0 Å². The third-order valence-electron chi connectivity index (χ3n) is 8.39. The number of ether oxygens (including phenoxy) is 4. The molecule has 12 nitrogen and oxygen atoms in total. The van der Waals surface area contributed by atoms with Crippen LogP contribution < -0.4 is 11.1 Å². The number of nitrogen functional groups attached to an aromatic ring is 1. The Hall–Kier alpha value is -4.59. The SMILES string of the molecule is CCOC(=O)CC1(c2ccc(N)cc2)COC1.CCOC(=O)CC1(c2ccc(Nc3c([N+](=O)[O-])cnc4ccc(Br)cc34)cc2)COC1. The highest BCUT2D eigenvalue weighted by Gasteiger charge is 2.43. The Labute approximate surface area is 286 Å². The predicted molar refractivity (Wildman–Crippen MR) is 184 cm³/mol. The third kappa shape index (κ3) is 7.75. The number of hydrogen-bond acceptors (Lipinski definition) is 11. The Morgan fingerprint density at radius 3 is 1.88 bits per heavy atom. The fourth-order valence-electron chi connectivity index (χ4n) is 5.73. The van der Waals surface area contributed by atoms with Crippen LogP contribution in [0.5, 0.6) is 0 Å². The first-order valence-electron chi connectivity index (χ1n) is 15.5. The van der Waals surface area contributed by atoms with E-state index in [1.165, 1.54) is 6.20 Å². The number of fused-ring (bicyclic) bond motifs is 1. The van der Waals surface area contributed by atoms with Gasteiger partial charge in [0.2, 0.25) is 0 Å². The first-order chi connectivity index (χ1) is 23.1. The molecule has 3 aromatic carbocycles. The van der Waals surface area contributed by atoms with E-state index in [2.05, 4.69) is 26.2 Å². The average molecular weight is 722 g/mol. The molecule has 13 heteroatoms. The van der Waals surface area contributed by atoms with Gasteiger partial charge in [-0.05, 0) is 67.4 Å². The Morgan fingerprint density at radius 2 is 1.42 bits per heavy atom. The quantitative estimate of drug-likeness (QED) is 0.0766. The van der Waals surface area contributed by atoms with Gasteiger partial charge in [0, 0.05) is 21.2 Å². The molecule has 3 N–H and O–H groups in total. The number of nitrogens with two attached hydrogens (primary N) is 1. The number of nitro groups is 1. The van der Waals surface area contributed by atoms with Crippen LogP contribution >= 0.6 is 15.9 Å². The van der Waals surface area contributed by atoms with E-state index < -0.39 is 10.3 Å². The molecule has 0 radical (unpaired) electrons. The third-order valence-corrected chi connectivity index (χ3v) is 8.88. The molecule has 0 unspecified atom stereocenters. The Balaban J connectivity index is 0.000000224. The van der Waals surface area contributed by atoms with Crippen molar-refractivity contribution in [1.29, 1.82) is 0 Å². The fraction of sp³-hybridized carbons (Fsp3) is 0.343. The van der Waals surface area contributed by atoms with Gasteiger partial charge in [-0.25, -0.2) is 4.98 Å². The predicted octanol–water partition coefficient (Wildman–Crippen LogP) is 6.36. The molecule has 3 heterocycles. The standard InChI is InChI=1S/C22H20BrN3O5.C13H17NO3/c1-2-31-20(27)10-22(12-30-13-22)14-3-6-16(7-4-14)25-21-17-9-15(23)5-8-18(17)24-11-19(21)26(28)29;1-2-17-12(15)7-13(8-16-9-13)10-3-5-11(14)6-4-10/h3-9,11H,2,10,12-13H2,1H3,(H,24,25);3-6H,2,7-9,14H2,1H3. The highest BCUT2D eigenvalue weighted by Crippen LogP contribution is 2.39. The molecule has 2 fully saturated rings. The van der Waals surface area contributed by atoms with Crippen LogP contribution in [0.4, 0.5) is 22.7 Å². The minimum atomic E-state index is -0.454. The zero-order valence-electron chi connectivity index (χ0n) is 26.7. The van der Waals surface area contributed by atoms with E-state index in [9.17, 15) is 19.7 Å². The number of hydrogen-bond donors (Lipinski definition) is 2. The molecular weight excluding hydrogens is 684 g/mol. The minimum absolute atomic E-state index is 0.110. The number of rotatable bonds is 11. The van der Waals surface area contributed by atoms with E-state index in [0.717, 1.165) is 21.3 Å². The van der Waals surface area contributed by atoms with Crippen molar-refractivity contribution in [3.63, 3.8) is 0 Å². The number of anilines is 3. The summed E-state index contributed by atoms with van der Waals surface area (Å²) in [6.45, 7) is 6.38. The lowest BCUT2D eigenvalue weighted by molar-refractivity contribution is -0.384. The number of aromatic nitrogens is 1. The van der Waals surface area contributed by atoms with Gasteiger partial charge in [-0.1, -0.05) is 40.2 Å². The molecule has 0 amide bonds. The number of nitrogens with zero attached hydrogens (tertiary/aromatic N) is 2. The van der Waals surface area contributed by atoms with Gasteiger partial charge in [0.15, 0.2) is 0 Å². The number of esters is 2. The van der Waals surface area contributed by atoms with Gasteiger partial charge in [0.05, 0.1) is 73.8 Å². The van der Waals surface area contributed by atoms with Crippen molar-refractivity contribution in [1.82, 2.24) is 4.98 Å². The number of pyridine rings is 1. The summed E-state index contributed by atoms with van der Waals surface area (Å²) in [6, 6.07) is 20.5. The molecule has 2 saturated heterocycles. The average Bonchev–Trinajstić information content (AvgIpc) is 3.02. The zero-order valence-corrected chi connectivity index (χ0v) is 28.3. The molecular formula is C35H37BrN4O8. The van der Waals surface area contributed by atoms with Crippen LogP contribution in [0.3, 0.4) is 0 Å². The summed E-state index contributed by atoms with van der Waals surface area (Å²) in [5, 5.41) is 15.4. The second-order valence-corrected chi connectivity index (χ2v) is 12.7. The second kappa shape index (κ2) is 15.1. The van der Waals surface area contributed by atoms with Crippen molar-refractivity contribution in [2.24, 2.45) is 0 Å². The molecule has 1 aromatic heterocycles. The lowest BCUT2D eigenvalue weighted by atomic mass is 9.76. The molecule has 0 saturated carbocycles. The van der Waals surface area contributed by atoms with E-state index in [0.29, 0.717) is 68.3 Å². The number of carbonyl (C=O) groups excluding carboxylic acids is 2. The summed E-state index contributed by atoms with van der Waals surface area (Å²) in [6.07, 6.45) is 1.87. The summed E-state index contributed by atoms with van der Waals surface area (Å²) < 4.78 is 21.6. The van der Waals surface area contributed by atoms with Crippen LogP contribution in [-0.4, -0.2) is 61.5 Å². The van der Waals surface area contributed by atoms with Crippen molar-refractivity contribution >= 4 is 61.5 Å². The smallest absolute Gasteiger partial charge is 0.311 e. The maximum absolute atomic E-state index is 12.0. The second-order valence-electron chi connectivity index (χ2n) is 11.8. The van der Waals surface area contributed by atoms with Crippen molar-refractivity contribution in [3.8, 4) is 0 Å². The number of halogens is 1. The number of benzene rings is 3. The molecule has 0 atom stereocenters. The first-order valence-corrected chi connectivity index (χ1v) is 16.3. The molecule has 252 valence electrons. The first kappa shape index (κ1) is 34.7. The summed E-state index contributed by atoms with van der Waals surface area (Å²) in [5.74, 6) is -0.426. The fourth-order valence-corrected chi connectivity index (χ4v) is 6.09. The minimum Gasteiger partial charge on any atom is -0.466 e. The molecule has 4 aromatic rings. The summed E-state index contributed by atoms with van der Waals surface area (Å²) in [5.41, 5.74) is 9.41. The van der Waals surface area contributed by atoms with Gasteiger partial charge in [0.25, 0.3) is 0 Å². The van der Waals surface area contributed by atoms with Crippen LogP contribution in [-0.2, 0) is 39.4 Å². The van der Waals surface area contributed by atoms with Crippen molar-refractivity contribution in [2.75, 3.05) is 50.7 Å². The molecule has 0 spiro atoms. The van der Waals surface area contributed by atoms with Gasteiger partial charge in [-0.3, -0.25) is 19.7 Å². The molecule has 2 aliphatic rings. The molecule has 0 aliphatic carbocycles. The molecule has 0 bridgehead atoms. The van der Waals surface area contributed by atoms with E-state index in [4.69, 9.17) is 24.7 Å². The van der Waals surface area contributed by atoms with Crippen LogP contribution in [0.15, 0.2) is 77.4 Å². The van der Waals surface area contributed by atoms with Crippen molar-refractivity contribution in [3.05, 3.63) is 98.6 Å². The zero-order chi connectivity index (χ0) is 34.3. The molecule has 6 rings (SSSR count). The van der Waals surface area contributed by atoms with Crippen LogP contribution in [0.1, 0.15) is 37.8 Å². The highest BCUT2D eigenvalue weighted by molar-refractivity contribution is 9.10. The van der Waals surface area contributed by atoms with Gasteiger partial charge in [-0.2, -0.15) is 0 Å². The summed E-state index contributed by atoms with van der Waals surface area (Å²) in [4.78, 5) is 38.9. The largest absolute Gasteiger partial charge is 0.466 e. The molecule has 2 aliphatic heterocycles. The Bertz CT molecular complexity index is 1770. The lowest BCUT2D eigenvalue weighted by Crippen LogP contribution is -2.48. The maximum atomic E-state index is 12.0.